The molecule has 0 aliphatic heterocycles. The summed E-state index contributed by atoms with van der Waals surface area (Å²) in [6.07, 6.45) is 1.75. The van der Waals surface area contributed by atoms with Gasteiger partial charge in [0.1, 0.15) is 0 Å². The van der Waals surface area contributed by atoms with E-state index in [0.717, 1.165) is 35.4 Å². The Hall–Kier alpha value is -2.73. The van der Waals surface area contributed by atoms with Crippen LogP contribution < -0.4 is 5.32 Å². The fourth-order valence-corrected chi connectivity index (χ4v) is 3.53. The quantitative estimate of drug-likeness (QED) is 0.625. The summed E-state index contributed by atoms with van der Waals surface area (Å²) in [5.74, 6) is -0.0855. The molecule has 2 heterocycles. The van der Waals surface area contributed by atoms with Gasteiger partial charge in [-0.1, -0.05) is 37.3 Å². The molecule has 154 valence electrons. The van der Waals surface area contributed by atoms with Gasteiger partial charge in [0.2, 0.25) is 0 Å². The van der Waals surface area contributed by atoms with E-state index in [4.69, 9.17) is 4.98 Å². The summed E-state index contributed by atoms with van der Waals surface area (Å²) in [6.45, 7) is 13.0. The van der Waals surface area contributed by atoms with Crippen LogP contribution in [0.25, 0.3) is 22.3 Å². The summed E-state index contributed by atoms with van der Waals surface area (Å²) in [5.41, 5.74) is 3.12. The second-order valence-electron chi connectivity index (χ2n) is 7.82. The lowest BCUT2D eigenvalue weighted by atomic mass is 10.1. The van der Waals surface area contributed by atoms with E-state index in [1.807, 2.05) is 41.1 Å². The molecule has 29 heavy (non-hydrogen) atoms. The molecule has 0 saturated heterocycles. The number of benzene rings is 1. The Morgan fingerprint density at radius 1 is 1.17 bits per heavy atom. The van der Waals surface area contributed by atoms with Crippen LogP contribution in [0.3, 0.4) is 0 Å². The van der Waals surface area contributed by atoms with Crippen molar-refractivity contribution in [3.8, 4) is 11.3 Å². The van der Waals surface area contributed by atoms with Gasteiger partial charge >= 0.3 is 0 Å². The highest BCUT2D eigenvalue weighted by atomic mass is 16.1. The predicted molar refractivity (Wildman–Crippen MR) is 118 cm³/mol. The lowest BCUT2D eigenvalue weighted by molar-refractivity contribution is 0.0947. The first kappa shape index (κ1) is 21.0. The fourth-order valence-electron chi connectivity index (χ4n) is 3.53. The molecule has 1 amide bonds. The number of hydrogen-bond acceptors (Lipinski definition) is 4. The van der Waals surface area contributed by atoms with Gasteiger partial charge in [0.05, 0.1) is 22.8 Å². The zero-order valence-corrected chi connectivity index (χ0v) is 18.0. The van der Waals surface area contributed by atoms with E-state index in [9.17, 15) is 4.79 Å². The third-order valence-corrected chi connectivity index (χ3v) is 5.19. The second kappa shape index (κ2) is 9.18. The van der Waals surface area contributed by atoms with Crippen molar-refractivity contribution >= 4 is 16.9 Å². The Labute approximate surface area is 172 Å². The van der Waals surface area contributed by atoms with Gasteiger partial charge in [-0.25, -0.2) is 9.67 Å². The van der Waals surface area contributed by atoms with Crippen molar-refractivity contribution in [3.05, 3.63) is 48.2 Å². The first-order chi connectivity index (χ1) is 13.9. The molecule has 0 saturated carbocycles. The Morgan fingerprint density at radius 2 is 1.90 bits per heavy atom. The monoisotopic (exact) mass is 393 g/mol. The molecule has 0 spiro atoms. The number of rotatable bonds is 8. The summed E-state index contributed by atoms with van der Waals surface area (Å²) < 4.78 is 1.87. The fraction of sp³-hybridized carbons (Fsp3) is 0.435. The zero-order chi connectivity index (χ0) is 21.0. The number of aromatic nitrogens is 3. The van der Waals surface area contributed by atoms with Crippen LogP contribution >= 0.6 is 0 Å². The largest absolute Gasteiger partial charge is 0.351 e. The average molecular weight is 394 g/mol. The van der Waals surface area contributed by atoms with Crippen molar-refractivity contribution in [3.63, 3.8) is 0 Å². The molecule has 1 N–H and O–H groups in total. The van der Waals surface area contributed by atoms with Crippen molar-refractivity contribution in [2.75, 3.05) is 19.6 Å². The topological polar surface area (TPSA) is 63.1 Å². The smallest absolute Gasteiger partial charge is 0.252 e. The van der Waals surface area contributed by atoms with Gasteiger partial charge < -0.3 is 5.32 Å². The third-order valence-electron chi connectivity index (χ3n) is 5.19. The van der Waals surface area contributed by atoms with Crippen LogP contribution in [0.1, 0.15) is 51.0 Å². The maximum atomic E-state index is 13.1. The van der Waals surface area contributed by atoms with Crippen molar-refractivity contribution in [1.82, 2.24) is 25.0 Å². The maximum Gasteiger partial charge on any atom is 0.252 e. The van der Waals surface area contributed by atoms with Gasteiger partial charge in [-0.3, -0.25) is 9.69 Å². The summed E-state index contributed by atoms with van der Waals surface area (Å²) in [4.78, 5) is 20.2. The Morgan fingerprint density at radius 3 is 2.52 bits per heavy atom. The number of likely N-dealkylation sites (N-methyl/N-ethyl adjacent to an activating group) is 1. The molecule has 0 aliphatic rings. The first-order valence-corrected chi connectivity index (χ1v) is 10.4. The molecule has 0 bridgehead atoms. The molecule has 2 aromatic heterocycles. The van der Waals surface area contributed by atoms with Crippen molar-refractivity contribution in [2.45, 2.75) is 46.7 Å². The second-order valence-corrected chi connectivity index (χ2v) is 7.82. The number of carbonyl (C=O) groups excluding carboxylic acids is 1. The molecular weight excluding hydrogens is 362 g/mol. The number of pyridine rings is 1. The average Bonchev–Trinajstić information content (AvgIpc) is 3.15. The van der Waals surface area contributed by atoms with Crippen LogP contribution in [-0.4, -0.2) is 51.2 Å². The van der Waals surface area contributed by atoms with Gasteiger partial charge in [-0.05, 0) is 40.3 Å². The van der Waals surface area contributed by atoms with Crippen LogP contribution in [0, 0.1) is 0 Å². The molecular formula is C23H31N5O. The van der Waals surface area contributed by atoms with E-state index in [1.54, 1.807) is 6.20 Å². The van der Waals surface area contributed by atoms with Crippen LogP contribution in [0.4, 0.5) is 0 Å². The normalized spacial score (nSPS) is 11.7. The van der Waals surface area contributed by atoms with E-state index in [2.05, 4.69) is 49.9 Å². The van der Waals surface area contributed by atoms with E-state index >= 15 is 0 Å². The summed E-state index contributed by atoms with van der Waals surface area (Å²) in [6, 6.07) is 12.4. The van der Waals surface area contributed by atoms with E-state index in [1.165, 1.54) is 0 Å². The zero-order valence-electron chi connectivity index (χ0n) is 18.0. The lowest BCUT2D eigenvalue weighted by Gasteiger charge is -2.24. The Bertz CT molecular complexity index is 962. The minimum Gasteiger partial charge on any atom is -0.351 e. The highest BCUT2D eigenvalue weighted by Crippen LogP contribution is 2.26. The molecule has 1 aromatic carbocycles. The molecule has 0 atom stereocenters. The molecule has 0 radical (unpaired) electrons. The van der Waals surface area contributed by atoms with Crippen LogP contribution in [0.5, 0.6) is 0 Å². The van der Waals surface area contributed by atoms with E-state index in [-0.39, 0.29) is 11.9 Å². The molecule has 6 nitrogen and oxygen atoms in total. The third kappa shape index (κ3) is 4.65. The molecule has 0 fully saturated rings. The standard InChI is InChI=1S/C23H31N5O/c1-6-27(16(2)3)13-12-24-23(29)19-14-21(18-10-8-7-9-11-18)26-22-20(19)15-25-28(22)17(4)5/h7-11,14-17H,6,12-13H2,1-5H3,(H,24,29). The Balaban J connectivity index is 1.94. The minimum atomic E-state index is -0.0855. The highest BCUT2D eigenvalue weighted by Gasteiger charge is 2.18. The molecule has 6 heteroatoms. The van der Waals surface area contributed by atoms with Gasteiger partial charge in [0.15, 0.2) is 5.65 Å². The Kier molecular flexibility index (Phi) is 6.64. The number of hydrogen-bond donors (Lipinski definition) is 1. The summed E-state index contributed by atoms with van der Waals surface area (Å²) in [7, 11) is 0. The highest BCUT2D eigenvalue weighted by molar-refractivity contribution is 6.06. The molecule has 0 aliphatic carbocycles. The lowest BCUT2D eigenvalue weighted by Crippen LogP contribution is -2.38. The van der Waals surface area contributed by atoms with Crippen LogP contribution in [-0.2, 0) is 0 Å². The van der Waals surface area contributed by atoms with E-state index < -0.39 is 0 Å². The summed E-state index contributed by atoms with van der Waals surface area (Å²) in [5, 5.41) is 8.35. The van der Waals surface area contributed by atoms with Gasteiger partial charge in [-0.15, -0.1) is 0 Å². The number of carbonyl (C=O) groups is 1. The van der Waals surface area contributed by atoms with Crippen molar-refractivity contribution < 1.29 is 4.79 Å². The van der Waals surface area contributed by atoms with Gasteiger partial charge in [-0.2, -0.15) is 5.10 Å². The van der Waals surface area contributed by atoms with Crippen molar-refractivity contribution in [1.29, 1.82) is 0 Å². The summed E-state index contributed by atoms with van der Waals surface area (Å²) >= 11 is 0. The molecule has 0 unspecified atom stereocenters. The molecule has 3 aromatic rings. The van der Waals surface area contributed by atoms with Crippen LogP contribution in [0.15, 0.2) is 42.6 Å². The minimum absolute atomic E-state index is 0.0855. The van der Waals surface area contributed by atoms with Gasteiger partial charge in [0, 0.05) is 30.7 Å². The molecule has 3 rings (SSSR count). The maximum absolute atomic E-state index is 13.1. The van der Waals surface area contributed by atoms with Crippen LogP contribution in [0.2, 0.25) is 0 Å². The van der Waals surface area contributed by atoms with Crippen molar-refractivity contribution in [2.24, 2.45) is 0 Å². The van der Waals surface area contributed by atoms with Gasteiger partial charge in [0.25, 0.3) is 5.91 Å². The SMILES string of the molecule is CCN(CCNC(=O)c1cc(-c2ccccc2)nc2c1cnn2C(C)C)C(C)C. The number of nitrogens with one attached hydrogen (secondary N) is 1. The number of fused-ring (bicyclic) bond motifs is 1. The predicted octanol–water partition coefficient (Wildman–Crippen LogP) is 4.14. The number of amides is 1. The first-order valence-electron chi connectivity index (χ1n) is 10.4. The number of nitrogens with zero attached hydrogens (tertiary/aromatic N) is 4. The van der Waals surface area contributed by atoms with E-state index in [0.29, 0.717) is 18.2 Å².